The lowest BCUT2D eigenvalue weighted by atomic mass is 10.0. The summed E-state index contributed by atoms with van der Waals surface area (Å²) in [5.74, 6) is -0.145. The zero-order chi connectivity index (χ0) is 11.4. The Balaban J connectivity index is 2.30. The first kappa shape index (κ1) is 10.4. The molecule has 0 bridgehead atoms. The Morgan fingerprint density at radius 2 is 1.94 bits per heavy atom. The molecule has 0 saturated carbocycles. The first-order valence-electron chi connectivity index (χ1n) is 5.18. The lowest BCUT2D eigenvalue weighted by Gasteiger charge is -2.06. The summed E-state index contributed by atoms with van der Waals surface area (Å²) in [7, 11) is 0. The van der Waals surface area contributed by atoms with Gasteiger partial charge in [0.15, 0.2) is 0 Å². The van der Waals surface area contributed by atoms with E-state index in [1.165, 1.54) is 16.8 Å². The van der Waals surface area contributed by atoms with Crippen LogP contribution in [0.4, 0.5) is 0 Å². The van der Waals surface area contributed by atoms with Crippen molar-refractivity contribution in [3.05, 3.63) is 60.7 Å². The van der Waals surface area contributed by atoms with E-state index in [-0.39, 0.29) is 5.91 Å². The minimum absolute atomic E-state index is 0.145. The van der Waals surface area contributed by atoms with E-state index < -0.39 is 0 Å². The van der Waals surface area contributed by atoms with Crippen molar-refractivity contribution in [1.29, 1.82) is 0 Å². The predicted octanol–water partition coefficient (Wildman–Crippen LogP) is 2.64. The number of hydrogen-bond donors (Lipinski definition) is 1. The highest BCUT2D eigenvalue weighted by molar-refractivity contribution is 5.88. The second-order valence-corrected chi connectivity index (χ2v) is 3.56. The summed E-state index contributed by atoms with van der Waals surface area (Å²) in [5, 5.41) is 5.15. The Morgan fingerprint density at radius 3 is 2.75 bits per heavy atom. The number of rotatable bonds is 3. The summed E-state index contributed by atoms with van der Waals surface area (Å²) in [6.45, 7) is 3.96. The molecule has 0 spiro atoms. The number of carbonyl (C=O) groups is 1. The Hall–Kier alpha value is -2.09. The fourth-order valence-electron chi connectivity index (χ4n) is 1.70. The Kier molecular flexibility index (Phi) is 3.01. The third-order valence-electron chi connectivity index (χ3n) is 2.52. The third kappa shape index (κ3) is 2.11. The maximum Gasteiger partial charge on any atom is 0.243 e. The van der Waals surface area contributed by atoms with Gasteiger partial charge in [0.2, 0.25) is 5.91 Å². The molecular formula is C14H13NO. The van der Waals surface area contributed by atoms with Crippen molar-refractivity contribution in [2.75, 3.05) is 0 Å². The molecule has 80 valence electrons. The van der Waals surface area contributed by atoms with Crippen molar-refractivity contribution in [1.82, 2.24) is 5.32 Å². The van der Waals surface area contributed by atoms with E-state index in [1.54, 1.807) is 0 Å². The fourth-order valence-corrected chi connectivity index (χ4v) is 1.70. The molecule has 0 aromatic heterocycles. The maximum atomic E-state index is 11.1. The van der Waals surface area contributed by atoms with Crippen molar-refractivity contribution in [2.45, 2.75) is 6.54 Å². The lowest BCUT2D eigenvalue weighted by Crippen LogP contribution is -2.19. The molecule has 2 heteroatoms. The van der Waals surface area contributed by atoms with Crippen LogP contribution in [0.25, 0.3) is 10.8 Å². The van der Waals surface area contributed by atoms with Gasteiger partial charge in [-0.2, -0.15) is 0 Å². The summed E-state index contributed by atoms with van der Waals surface area (Å²) in [5.41, 5.74) is 1.12. The summed E-state index contributed by atoms with van der Waals surface area (Å²) >= 11 is 0. The van der Waals surface area contributed by atoms with E-state index >= 15 is 0 Å². The maximum absolute atomic E-state index is 11.1. The van der Waals surface area contributed by atoms with E-state index in [0.717, 1.165) is 5.56 Å². The molecule has 0 fully saturated rings. The van der Waals surface area contributed by atoms with Crippen LogP contribution in [0.15, 0.2) is 55.1 Å². The molecular weight excluding hydrogens is 198 g/mol. The Bertz CT molecular complexity index is 526. The van der Waals surface area contributed by atoms with Crippen LogP contribution >= 0.6 is 0 Å². The molecule has 0 atom stereocenters. The van der Waals surface area contributed by atoms with E-state index in [1.807, 2.05) is 24.3 Å². The van der Waals surface area contributed by atoms with Gasteiger partial charge in [-0.25, -0.2) is 0 Å². The quantitative estimate of drug-likeness (QED) is 0.777. The van der Waals surface area contributed by atoms with E-state index in [0.29, 0.717) is 6.54 Å². The molecule has 0 radical (unpaired) electrons. The monoisotopic (exact) mass is 211 g/mol. The van der Waals surface area contributed by atoms with E-state index in [9.17, 15) is 4.79 Å². The van der Waals surface area contributed by atoms with Gasteiger partial charge in [0.25, 0.3) is 0 Å². The number of fused-ring (bicyclic) bond motifs is 1. The van der Waals surface area contributed by atoms with Gasteiger partial charge in [-0.05, 0) is 22.4 Å². The first-order valence-corrected chi connectivity index (χ1v) is 5.18. The molecule has 0 aliphatic heterocycles. The average molecular weight is 211 g/mol. The van der Waals surface area contributed by atoms with Crippen LogP contribution in [0.5, 0.6) is 0 Å². The largest absolute Gasteiger partial charge is 0.348 e. The van der Waals surface area contributed by atoms with Crippen molar-refractivity contribution >= 4 is 16.7 Å². The second-order valence-electron chi connectivity index (χ2n) is 3.56. The minimum Gasteiger partial charge on any atom is -0.348 e. The summed E-state index contributed by atoms with van der Waals surface area (Å²) in [6, 6.07) is 14.2. The van der Waals surface area contributed by atoms with E-state index in [4.69, 9.17) is 0 Å². The van der Waals surface area contributed by atoms with Crippen LogP contribution in [-0.4, -0.2) is 5.91 Å². The van der Waals surface area contributed by atoms with Gasteiger partial charge < -0.3 is 5.32 Å². The number of benzene rings is 2. The van der Waals surface area contributed by atoms with Gasteiger partial charge in [-0.1, -0.05) is 49.0 Å². The van der Waals surface area contributed by atoms with E-state index in [2.05, 4.69) is 30.1 Å². The van der Waals surface area contributed by atoms with Crippen molar-refractivity contribution in [3.8, 4) is 0 Å². The SMILES string of the molecule is C=CC(=O)NCc1cccc2ccccc12. The summed E-state index contributed by atoms with van der Waals surface area (Å²) in [4.78, 5) is 11.1. The zero-order valence-corrected chi connectivity index (χ0v) is 8.94. The predicted molar refractivity (Wildman–Crippen MR) is 66.0 cm³/mol. The highest BCUT2D eigenvalue weighted by atomic mass is 16.1. The van der Waals surface area contributed by atoms with Gasteiger partial charge in [-0.3, -0.25) is 4.79 Å². The van der Waals surface area contributed by atoms with Crippen molar-refractivity contribution in [3.63, 3.8) is 0 Å². The zero-order valence-electron chi connectivity index (χ0n) is 8.94. The van der Waals surface area contributed by atoms with Gasteiger partial charge >= 0.3 is 0 Å². The topological polar surface area (TPSA) is 29.1 Å². The first-order chi connectivity index (χ1) is 7.81. The lowest BCUT2D eigenvalue weighted by molar-refractivity contribution is -0.116. The standard InChI is InChI=1S/C14H13NO/c1-2-14(16)15-10-12-8-5-7-11-6-3-4-9-13(11)12/h2-9H,1,10H2,(H,15,16). The van der Waals surface area contributed by atoms with Crippen LogP contribution in [0.1, 0.15) is 5.56 Å². The highest BCUT2D eigenvalue weighted by Crippen LogP contribution is 2.17. The van der Waals surface area contributed by atoms with Crippen LogP contribution in [0.2, 0.25) is 0 Å². The molecule has 2 nitrogen and oxygen atoms in total. The normalized spacial score (nSPS) is 10.0. The summed E-state index contributed by atoms with van der Waals surface area (Å²) < 4.78 is 0. The molecule has 1 amide bonds. The summed E-state index contributed by atoms with van der Waals surface area (Å²) in [6.07, 6.45) is 1.28. The molecule has 0 heterocycles. The Morgan fingerprint density at radius 1 is 1.19 bits per heavy atom. The molecule has 2 aromatic rings. The molecule has 2 rings (SSSR count). The van der Waals surface area contributed by atoms with Crippen molar-refractivity contribution < 1.29 is 4.79 Å². The van der Waals surface area contributed by atoms with Crippen LogP contribution in [-0.2, 0) is 11.3 Å². The number of carbonyl (C=O) groups excluding carboxylic acids is 1. The smallest absolute Gasteiger partial charge is 0.243 e. The molecule has 0 saturated heterocycles. The van der Waals surface area contributed by atoms with Crippen molar-refractivity contribution in [2.24, 2.45) is 0 Å². The van der Waals surface area contributed by atoms with Crippen LogP contribution in [0, 0.1) is 0 Å². The number of hydrogen-bond acceptors (Lipinski definition) is 1. The second kappa shape index (κ2) is 4.62. The molecule has 0 aliphatic carbocycles. The van der Waals surface area contributed by atoms with Crippen LogP contribution in [0.3, 0.4) is 0 Å². The van der Waals surface area contributed by atoms with Gasteiger partial charge in [-0.15, -0.1) is 0 Å². The van der Waals surface area contributed by atoms with Gasteiger partial charge in [0.05, 0.1) is 0 Å². The molecule has 0 aliphatic rings. The highest BCUT2D eigenvalue weighted by Gasteiger charge is 2.00. The van der Waals surface area contributed by atoms with Gasteiger partial charge in [0, 0.05) is 6.54 Å². The van der Waals surface area contributed by atoms with Crippen LogP contribution < -0.4 is 5.32 Å². The fraction of sp³-hybridized carbons (Fsp3) is 0.0714. The van der Waals surface area contributed by atoms with Gasteiger partial charge in [0.1, 0.15) is 0 Å². The number of nitrogens with one attached hydrogen (secondary N) is 1. The molecule has 2 aromatic carbocycles. The Labute approximate surface area is 94.6 Å². The number of amides is 1. The molecule has 0 unspecified atom stereocenters. The minimum atomic E-state index is -0.145. The average Bonchev–Trinajstić information content (AvgIpc) is 2.35. The molecule has 1 N–H and O–H groups in total. The molecule has 16 heavy (non-hydrogen) atoms. The third-order valence-corrected chi connectivity index (χ3v) is 2.52.